The minimum atomic E-state index is -0.408. The number of halogens is 1. The molecule has 2 atom stereocenters. The molecular weight excluding hydrogens is 272 g/mol. The number of fused-ring (bicyclic) bond motifs is 1. The predicted molar refractivity (Wildman–Crippen MR) is 82.7 cm³/mol. The van der Waals surface area contributed by atoms with Crippen LogP contribution in [-0.4, -0.2) is 28.7 Å². The first-order chi connectivity index (χ1) is 9.57. The predicted octanol–water partition coefficient (Wildman–Crippen LogP) is 3.05. The lowest BCUT2D eigenvalue weighted by Crippen LogP contribution is -2.52. The molecule has 0 spiro atoms. The van der Waals surface area contributed by atoms with Gasteiger partial charge in [0.2, 0.25) is 0 Å². The second-order valence-corrected chi connectivity index (χ2v) is 6.79. The van der Waals surface area contributed by atoms with Crippen molar-refractivity contribution < 1.29 is 5.11 Å². The van der Waals surface area contributed by atoms with Crippen LogP contribution >= 0.6 is 11.6 Å². The minimum Gasteiger partial charge on any atom is -0.399 e. The van der Waals surface area contributed by atoms with Crippen molar-refractivity contribution in [1.29, 1.82) is 0 Å². The summed E-state index contributed by atoms with van der Waals surface area (Å²) >= 11 is 6.25. The van der Waals surface area contributed by atoms with Crippen LogP contribution in [0.4, 0.5) is 5.69 Å². The summed E-state index contributed by atoms with van der Waals surface area (Å²) in [6.45, 7) is 2.75. The van der Waals surface area contributed by atoms with Crippen LogP contribution < -0.4 is 5.73 Å². The Labute approximate surface area is 125 Å². The molecule has 0 amide bonds. The fourth-order valence-corrected chi connectivity index (χ4v) is 3.92. The number of benzene rings is 1. The van der Waals surface area contributed by atoms with Gasteiger partial charge >= 0.3 is 0 Å². The van der Waals surface area contributed by atoms with Crippen molar-refractivity contribution in [2.45, 2.75) is 44.2 Å². The molecule has 1 aromatic rings. The Morgan fingerprint density at radius 2 is 2.20 bits per heavy atom. The zero-order valence-corrected chi connectivity index (χ0v) is 12.6. The number of nitrogens with two attached hydrogens (primary N) is 1. The van der Waals surface area contributed by atoms with E-state index in [4.69, 9.17) is 17.3 Å². The van der Waals surface area contributed by atoms with Crippen LogP contribution in [0.5, 0.6) is 0 Å². The van der Waals surface area contributed by atoms with E-state index in [0.717, 1.165) is 55.2 Å². The largest absolute Gasteiger partial charge is 0.399 e. The van der Waals surface area contributed by atoms with Gasteiger partial charge in [-0.25, -0.2) is 0 Å². The van der Waals surface area contributed by atoms with Gasteiger partial charge in [0.15, 0.2) is 0 Å². The molecule has 20 heavy (non-hydrogen) atoms. The van der Waals surface area contributed by atoms with E-state index in [9.17, 15) is 5.11 Å². The molecule has 110 valence electrons. The van der Waals surface area contributed by atoms with E-state index < -0.39 is 5.60 Å². The van der Waals surface area contributed by atoms with Gasteiger partial charge in [0.1, 0.15) is 0 Å². The Hall–Kier alpha value is -0.770. The van der Waals surface area contributed by atoms with E-state index in [1.807, 2.05) is 18.2 Å². The van der Waals surface area contributed by atoms with Crippen molar-refractivity contribution >= 4 is 17.3 Å². The van der Waals surface area contributed by atoms with Gasteiger partial charge < -0.3 is 10.8 Å². The van der Waals surface area contributed by atoms with E-state index in [-0.39, 0.29) is 0 Å². The third-order valence-corrected chi connectivity index (χ3v) is 5.34. The second kappa shape index (κ2) is 5.55. The standard InChI is InChI=1S/C16H23ClN2O/c17-15-5-4-14(18)9-12(15)10-19-8-7-16(20)6-2-1-3-13(16)11-19/h4-5,9,13,20H,1-3,6-8,10-11,18H2. The maximum atomic E-state index is 10.7. The van der Waals surface area contributed by atoms with Crippen molar-refractivity contribution in [3.05, 3.63) is 28.8 Å². The fraction of sp³-hybridized carbons (Fsp3) is 0.625. The fourth-order valence-electron chi connectivity index (χ4n) is 3.74. The molecule has 1 aromatic carbocycles. The molecule has 0 radical (unpaired) electrons. The van der Waals surface area contributed by atoms with Crippen LogP contribution in [0.15, 0.2) is 18.2 Å². The van der Waals surface area contributed by atoms with Gasteiger partial charge in [-0.1, -0.05) is 24.4 Å². The zero-order valence-electron chi connectivity index (χ0n) is 11.8. The topological polar surface area (TPSA) is 49.5 Å². The lowest BCUT2D eigenvalue weighted by molar-refractivity contribution is -0.0967. The number of nitrogen functional groups attached to an aromatic ring is 1. The van der Waals surface area contributed by atoms with Gasteiger partial charge in [0.05, 0.1) is 5.60 Å². The van der Waals surface area contributed by atoms with E-state index in [1.54, 1.807) is 0 Å². The van der Waals surface area contributed by atoms with Crippen LogP contribution in [0.1, 0.15) is 37.7 Å². The first-order valence-corrected chi connectivity index (χ1v) is 7.93. The number of nitrogens with zero attached hydrogens (tertiary/aromatic N) is 1. The molecule has 4 heteroatoms. The first kappa shape index (κ1) is 14.2. The first-order valence-electron chi connectivity index (χ1n) is 7.55. The van der Waals surface area contributed by atoms with Crippen LogP contribution in [-0.2, 0) is 6.54 Å². The molecule has 2 unspecified atom stereocenters. The summed E-state index contributed by atoms with van der Waals surface area (Å²) in [5, 5.41) is 11.5. The Bertz CT molecular complexity index is 493. The molecule has 1 aliphatic heterocycles. The molecule has 3 nitrogen and oxygen atoms in total. The summed E-state index contributed by atoms with van der Waals surface area (Å²) in [6, 6.07) is 5.67. The highest BCUT2D eigenvalue weighted by Gasteiger charge is 2.42. The number of aliphatic hydroxyl groups is 1. The van der Waals surface area contributed by atoms with Gasteiger partial charge in [-0.3, -0.25) is 4.90 Å². The molecule has 0 aromatic heterocycles. The van der Waals surface area contributed by atoms with E-state index in [0.29, 0.717) is 5.92 Å². The number of hydrogen-bond acceptors (Lipinski definition) is 3. The number of hydrogen-bond donors (Lipinski definition) is 2. The number of piperidine rings is 1. The highest BCUT2D eigenvalue weighted by Crippen LogP contribution is 2.40. The van der Waals surface area contributed by atoms with Crippen LogP contribution in [0, 0.1) is 5.92 Å². The van der Waals surface area contributed by atoms with Gasteiger partial charge in [-0.2, -0.15) is 0 Å². The van der Waals surface area contributed by atoms with Crippen molar-refractivity contribution in [3.63, 3.8) is 0 Å². The quantitative estimate of drug-likeness (QED) is 0.824. The number of likely N-dealkylation sites (tertiary alicyclic amines) is 1. The summed E-state index contributed by atoms with van der Waals surface area (Å²) in [6.07, 6.45) is 5.44. The van der Waals surface area contributed by atoms with Crippen molar-refractivity contribution in [1.82, 2.24) is 4.90 Å². The molecule has 1 saturated carbocycles. The maximum absolute atomic E-state index is 10.7. The smallest absolute Gasteiger partial charge is 0.0700 e. The average molecular weight is 295 g/mol. The number of anilines is 1. The molecule has 3 rings (SSSR count). The zero-order chi connectivity index (χ0) is 14.2. The van der Waals surface area contributed by atoms with Crippen molar-refractivity contribution in [2.75, 3.05) is 18.8 Å². The van der Waals surface area contributed by atoms with Crippen LogP contribution in [0.3, 0.4) is 0 Å². The lowest BCUT2D eigenvalue weighted by atomic mass is 9.71. The summed E-state index contributed by atoms with van der Waals surface area (Å²) in [4.78, 5) is 2.41. The molecule has 2 aliphatic rings. The van der Waals surface area contributed by atoms with Gasteiger partial charge in [-0.05, 0) is 43.0 Å². The van der Waals surface area contributed by atoms with Gasteiger partial charge in [0.25, 0.3) is 0 Å². The van der Waals surface area contributed by atoms with Crippen LogP contribution in [0.25, 0.3) is 0 Å². The molecular formula is C16H23ClN2O. The van der Waals surface area contributed by atoms with Gasteiger partial charge in [-0.15, -0.1) is 0 Å². The highest BCUT2D eigenvalue weighted by molar-refractivity contribution is 6.31. The highest BCUT2D eigenvalue weighted by atomic mass is 35.5. The Morgan fingerprint density at radius 3 is 3.05 bits per heavy atom. The number of rotatable bonds is 2. The van der Waals surface area contributed by atoms with Crippen molar-refractivity contribution in [2.24, 2.45) is 5.92 Å². The minimum absolute atomic E-state index is 0.408. The summed E-state index contributed by atoms with van der Waals surface area (Å²) in [5.74, 6) is 0.421. The second-order valence-electron chi connectivity index (χ2n) is 6.38. The normalized spacial score (nSPS) is 31.0. The van der Waals surface area contributed by atoms with Gasteiger partial charge in [0, 0.05) is 36.3 Å². The monoisotopic (exact) mass is 294 g/mol. The SMILES string of the molecule is Nc1ccc(Cl)c(CN2CCC3(O)CCCCC3C2)c1. The third-order valence-electron chi connectivity index (χ3n) is 4.98. The molecule has 0 bridgehead atoms. The molecule has 1 saturated heterocycles. The maximum Gasteiger partial charge on any atom is 0.0700 e. The molecule has 3 N–H and O–H groups in total. The Morgan fingerprint density at radius 1 is 1.35 bits per heavy atom. The summed E-state index contributed by atoms with van der Waals surface area (Å²) in [5.41, 5.74) is 7.28. The Kier molecular flexibility index (Phi) is 3.93. The lowest BCUT2D eigenvalue weighted by Gasteiger charge is -2.47. The molecule has 1 aliphatic carbocycles. The Balaban J connectivity index is 1.69. The van der Waals surface area contributed by atoms with Crippen molar-refractivity contribution in [3.8, 4) is 0 Å². The summed E-state index contributed by atoms with van der Waals surface area (Å²) < 4.78 is 0. The summed E-state index contributed by atoms with van der Waals surface area (Å²) in [7, 11) is 0. The molecule has 2 fully saturated rings. The van der Waals surface area contributed by atoms with E-state index in [1.165, 1.54) is 12.8 Å². The van der Waals surface area contributed by atoms with Crippen LogP contribution in [0.2, 0.25) is 5.02 Å². The van der Waals surface area contributed by atoms with E-state index >= 15 is 0 Å². The molecule has 1 heterocycles. The average Bonchev–Trinajstić information content (AvgIpc) is 2.43. The third kappa shape index (κ3) is 2.80. The van der Waals surface area contributed by atoms with E-state index in [2.05, 4.69) is 4.90 Å².